The molecule has 2 aliphatic rings. The number of rotatable bonds is 6. The standard InChI is InChI=1S/C30H41N7O5S/c1-19(2)23(20(3)4)18-42-26-12-14-37(34-26)25-11-10-22-28(33-25)36-17-21(16-30(36,5)6)41-15-13-31-24-8-7-9-27(32-24)43(39,40)35-29(22)38/h7-12,14,19-21,23H,13,15-18H2,1-6H3,(H,31,32)(H,35,38). The zero-order valence-electron chi connectivity index (χ0n) is 25.6. The summed E-state index contributed by atoms with van der Waals surface area (Å²) in [6.07, 6.45) is 2.33. The third kappa shape index (κ3) is 6.77. The number of aromatic nitrogens is 4. The van der Waals surface area contributed by atoms with Gasteiger partial charge in [-0.05, 0) is 62.3 Å². The summed E-state index contributed by atoms with van der Waals surface area (Å²) in [6.45, 7) is 14.7. The predicted octanol–water partition coefficient (Wildman–Crippen LogP) is 3.89. The summed E-state index contributed by atoms with van der Waals surface area (Å²) in [5.74, 6) is 2.18. The van der Waals surface area contributed by atoms with Crippen molar-refractivity contribution in [1.82, 2.24) is 24.5 Å². The van der Waals surface area contributed by atoms with Gasteiger partial charge in [-0.2, -0.15) is 8.42 Å². The molecule has 0 spiro atoms. The fourth-order valence-corrected chi connectivity index (χ4v) is 6.70. The molecule has 0 saturated carbocycles. The quantitative estimate of drug-likeness (QED) is 0.422. The van der Waals surface area contributed by atoms with E-state index in [1.54, 1.807) is 41.2 Å². The Kier molecular flexibility index (Phi) is 8.66. The summed E-state index contributed by atoms with van der Waals surface area (Å²) in [5.41, 5.74) is -0.313. The fraction of sp³-hybridized carbons (Fsp3) is 0.533. The molecule has 2 N–H and O–H groups in total. The monoisotopic (exact) mass is 611 g/mol. The van der Waals surface area contributed by atoms with Crippen molar-refractivity contribution in [2.45, 2.75) is 64.6 Å². The summed E-state index contributed by atoms with van der Waals surface area (Å²) in [6, 6.07) is 9.57. The van der Waals surface area contributed by atoms with Crippen molar-refractivity contribution < 1.29 is 22.7 Å². The second-order valence-electron chi connectivity index (χ2n) is 12.4. The maximum atomic E-state index is 13.6. The first kappa shape index (κ1) is 30.7. The zero-order valence-corrected chi connectivity index (χ0v) is 26.4. The molecule has 43 heavy (non-hydrogen) atoms. The van der Waals surface area contributed by atoms with E-state index in [9.17, 15) is 13.2 Å². The highest BCUT2D eigenvalue weighted by molar-refractivity contribution is 7.90. The van der Waals surface area contributed by atoms with Gasteiger partial charge in [0.15, 0.2) is 10.8 Å². The molecular weight excluding hydrogens is 570 g/mol. The van der Waals surface area contributed by atoms with Crippen LogP contribution >= 0.6 is 0 Å². The molecule has 2 aliphatic heterocycles. The highest BCUT2D eigenvalue weighted by atomic mass is 32.2. The van der Waals surface area contributed by atoms with Gasteiger partial charge in [-0.3, -0.25) is 4.79 Å². The Morgan fingerprint density at radius 1 is 1.09 bits per heavy atom. The summed E-state index contributed by atoms with van der Waals surface area (Å²) >= 11 is 0. The van der Waals surface area contributed by atoms with Crippen molar-refractivity contribution in [3.05, 3.63) is 48.2 Å². The van der Waals surface area contributed by atoms with Crippen LogP contribution in [0.1, 0.15) is 58.3 Å². The first-order valence-electron chi connectivity index (χ1n) is 14.7. The van der Waals surface area contributed by atoms with Crippen molar-refractivity contribution in [2.24, 2.45) is 17.8 Å². The second kappa shape index (κ2) is 12.1. The van der Waals surface area contributed by atoms with Gasteiger partial charge in [0.2, 0.25) is 5.88 Å². The molecule has 5 heterocycles. The van der Waals surface area contributed by atoms with Crippen LogP contribution in [0.5, 0.6) is 5.88 Å². The molecule has 3 aromatic heterocycles. The van der Waals surface area contributed by atoms with E-state index in [4.69, 9.17) is 14.5 Å². The Balaban J connectivity index is 1.50. The molecule has 1 saturated heterocycles. The van der Waals surface area contributed by atoms with Crippen LogP contribution in [0.25, 0.3) is 5.82 Å². The fourth-order valence-electron chi connectivity index (χ4n) is 5.76. The number of pyridine rings is 2. The molecule has 1 unspecified atom stereocenters. The molecule has 1 fully saturated rings. The minimum atomic E-state index is -4.26. The number of hydrogen-bond acceptors (Lipinski definition) is 10. The van der Waals surface area contributed by atoms with Crippen LogP contribution in [0.15, 0.2) is 47.6 Å². The maximum absolute atomic E-state index is 13.6. The van der Waals surface area contributed by atoms with Gasteiger partial charge < -0.3 is 19.7 Å². The molecule has 13 heteroatoms. The molecule has 1 atom stereocenters. The lowest BCUT2D eigenvalue weighted by molar-refractivity contribution is 0.0710. The average molecular weight is 612 g/mol. The van der Waals surface area contributed by atoms with Crippen molar-refractivity contribution in [1.29, 1.82) is 0 Å². The molecule has 1 amide bonds. The molecular formula is C30H41N7O5S. The van der Waals surface area contributed by atoms with Crippen LogP contribution in [-0.2, 0) is 14.8 Å². The van der Waals surface area contributed by atoms with Crippen molar-refractivity contribution in [2.75, 3.05) is 36.5 Å². The number of anilines is 2. The van der Waals surface area contributed by atoms with Crippen LogP contribution in [0.3, 0.4) is 0 Å². The second-order valence-corrected chi connectivity index (χ2v) is 14.1. The van der Waals surface area contributed by atoms with E-state index in [0.717, 1.165) is 0 Å². The molecule has 0 aromatic carbocycles. The zero-order chi connectivity index (χ0) is 30.9. The van der Waals surface area contributed by atoms with Gasteiger partial charge in [-0.15, -0.1) is 5.10 Å². The van der Waals surface area contributed by atoms with Crippen LogP contribution < -0.4 is 19.7 Å². The number of sulfonamides is 1. The minimum Gasteiger partial charge on any atom is -0.476 e. The van der Waals surface area contributed by atoms with Crippen molar-refractivity contribution in [3.8, 4) is 11.7 Å². The van der Waals surface area contributed by atoms with Crippen LogP contribution in [0.4, 0.5) is 11.6 Å². The highest BCUT2D eigenvalue weighted by Crippen LogP contribution is 2.36. The van der Waals surface area contributed by atoms with Gasteiger partial charge in [0, 0.05) is 30.9 Å². The Morgan fingerprint density at radius 2 is 1.86 bits per heavy atom. The van der Waals surface area contributed by atoms with Crippen molar-refractivity contribution >= 4 is 27.6 Å². The van der Waals surface area contributed by atoms with Gasteiger partial charge >= 0.3 is 0 Å². The number of hydrogen-bond donors (Lipinski definition) is 2. The first-order chi connectivity index (χ1) is 20.3. The molecule has 232 valence electrons. The van der Waals surface area contributed by atoms with E-state index in [1.165, 1.54) is 6.07 Å². The normalized spacial score (nSPS) is 19.9. The van der Waals surface area contributed by atoms with Gasteiger partial charge in [0.05, 0.1) is 24.9 Å². The van der Waals surface area contributed by atoms with Crippen LogP contribution in [-0.4, -0.2) is 72.0 Å². The summed E-state index contributed by atoms with van der Waals surface area (Å²) in [7, 11) is -4.26. The van der Waals surface area contributed by atoms with E-state index in [2.05, 4.69) is 61.7 Å². The number of nitrogens with one attached hydrogen (secondary N) is 2. The smallest absolute Gasteiger partial charge is 0.281 e. The summed E-state index contributed by atoms with van der Waals surface area (Å²) < 4.78 is 42.4. The predicted molar refractivity (Wildman–Crippen MR) is 163 cm³/mol. The number of fused-ring (bicyclic) bond motifs is 6. The molecule has 3 aromatic rings. The van der Waals surface area contributed by atoms with Crippen molar-refractivity contribution in [3.63, 3.8) is 0 Å². The third-order valence-electron chi connectivity index (χ3n) is 8.13. The van der Waals surface area contributed by atoms with Gasteiger partial charge in [0.25, 0.3) is 15.9 Å². The summed E-state index contributed by atoms with van der Waals surface area (Å²) in [4.78, 5) is 24.6. The Morgan fingerprint density at radius 3 is 2.60 bits per heavy atom. The number of carbonyl (C=O) groups excluding carboxylic acids is 1. The lowest BCUT2D eigenvalue weighted by Crippen LogP contribution is -2.41. The van der Waals surface area contributed by atoms with Gasteiger partial charge in [-0.1, -0.05) is 33.8 Å². The summed E-state index contributed by atoms with van der Waals surface area (Å²) in [5, 5.41) is 7.41. The Labute approximate surface area is 253 Å². The van der Waals surface area contributed by atoms with Crippen LogP contribution in [0, 0.1) is 17.8 Å². The topological polar surface area (TPSA) is 141 Å². The first-order valence-corrected chi connectivity index (χ1v) is 16.2. The average Bonchev–Trinajstić information content (AvgIpc) is 3.53. The lowest BCUT2D eigenvalue weighted by atomic mass is 9.86. The SMILES string of the molecule is CC(C)C(COc1ccn(-c2ccc3c(n2)N2CC(CC2(C)C)OCCNc2cccc(n2)S(=O)(=O)NC3=O)n1)C(C)C. The van der Waals surface area contributed by atoms with E-state index in [1.807, 2.05) is 4.90 Å². The third-order valence-corrected chi connectivity index (χ3v) is 9.36. The maximum Gasteiger partial charge on any atom is 0.281 e. The van der Waals surface area contributed by atoms with E-state index in [0.29, 0.717) is 73.8 Å². The minimum absolute atomic E-state index is 0.116. The molecule has 0 aliphatic carbocycles. The molecule has 4 bridgehead atoms. The molecule has 0 radical (unpaired) electrons. The lowest BCUT2D eigenvalue weighted by Gasteiger charge is -2.33. The number of nitrogens with zero attached hydrogens (tertiary/aromatic N) is 5. The van der Waals surface area contributed by atoms with E-state index in [-0.39, 0.29) is 16.7 Å². The highest BCUT2D eigenvalue weighted by Gasteiger charge is 2.41. The van der Waals surface area contributed by atoms with E-state index < -0.39 is 21.5 Å². The number of carbonyl (C=O) groups is 1. The Hall–Kier alpha value is -3.71. The Bertz CT molecular complexity index is 1560. The molecule has 5 rings (SSSR count). The van der Waals surface area contributed by atoms with E-state index >= 15 is 0 Å². The largest absolute Gasteiger partial charge is 0.476 e. The molecule has 12 nitrogen and oxygen atoms in total. The van der Waals surface area contributed by atoms with Gasteiger partial charge in [0.1, 0.15) is 11.6 Å². The van der Waals surface area contributed by atoms with Crippen LogP contribution in [0.2, 0.25) is 0 Å². The number of ether oxygens (including phenoxy) is 2. The van der Waals surface area contributed by atoms with Gasteiger partial charge in [-0.25, -0.2) is 19.4 Å². The number of amides is 1.